The number of rotatable bonds is 3. The van der Waals surface area contributed by atoms with E-state index in [1.165, 1.54) is 18.4 Å². The van der Waals surface area contributed by atoms with Crippen molar-refractivity contribution in [1.29, 1.82) is 0 Å². The molecule has 1 aromatic carbocycles. The summed E-state index contributed by atoms with van der Waals surface area (Å²) in [6.45, 7) is 2.16. The van der Waals surface area contributed by atoms with E-state index in [9.17, 15) is 5.11 Å². The zero-order valence-corrected chi connectivity index (χ0v) is 9.89. The molecule has 1 unspecified atom stereocenters. The monoisotopic (exact) mass is 219 g/mol. The van der Waals surface area contributed by atoms with Crippen LogP contribution in [0.3, 0.4) is 0 Å². The van der Waals surface area contributed by atoms with Crippen LogP contribution in [-0.4, -0.2) is 17.3 Å². The summed E-state index contributed by atoms with van der Waals surface area (Å²) >= 11 is 0. The van der Waals surface area contributed by atoms with Crippen molar-refractivity contribution in [2.45, 2.75) is 50.8 Å². The van der Waals surface area contributed by atoms with Crippen molar-refractivity contribution < 1.29 is 5.11 Å². The molecule has 88 valence electrons. The second-order valence-corrected chi connectivity index (χ2v) is 4.76. The number of aliphatic hydroxyl groups is 1. The molecule has 1 saturated carbocycles. The minimum absolute atomic E-state index is 0.167. The Morgan fingerprint density at radius 1 is 1.19 bits per heavy atom. The van der Waals surface area contributed by atoms with Crippen molar-refractivity contribution in [2.24, 2.45) is 0 Å². The molecule has 0 radical (unpaired) electrons. The summed E-state index contributed by atoms with van der Waals surface area (Å²) in [6.07, 6.45) is 4.27. The van der Waals surface area contributed by atoms with E-state index < -0.39 is 0 Å². The Labute approximate surface area is 97.7 Å². The number of nitrogens with one attached hydrogen (secondary N) is 1. The van der Waals surface area contributed by atoms with Crippen LogP contribution >= 0.6 is 0 Å². The molecule has 0 spiro atoms. The van der Waals surface area contributed by atoms with Gasteiger partial charge in [0.25, 0.3) is 0 Å². The van der Waals surface area contributed by atoms with Crippen LogP contribution in [0.15, 0.2) is 30.3 Å². The number of benzene rings is 1. The summed E-state index contributed by atoms with van der Waals surface area (Å²) in [7, 11) is 0. The molecule has 2 nitrogen and oxygen atoms in total. The van der Waals surface area contributed by atoms with Gasteiger partial charge < -0.3 is 10.4 Å². The minimum atomic E-state index is -0.167. The molecule has 1 aliphatic rings. The van der Waals surface area contributed by atoms with Crippen molar-refractivity contribution in [1.82, 2.24) is 5.32 Å². The first kappa shape index (κ1) is 11.6. The Hall–Kier alpha value is -0.860. The van der Waals surface area contributed by atoms with Crippen LogP contribution in [0.25, 0.3) is 0 Å². The fraction of sp³-hybridized carbons (Fsp3) is 0.571. The smallest absolute Gasteiger partial charge is 0.0693 e. The van der Waals surface area contributed by atoms with Gasteiger partial charge in [0, 0.05) is 12.1 Å². The first-order chi connectivity index (χ1) is 7.77. The van der Waals surface area contributed by atoms with E-state index in [1.807, 2.05) is 6.07 Å². The topological polar surface area (TPSA) is 32.3 Å². The van der Waals surface area contributed by atoms with Gasteiger partial charge in [0.05, 0.1) is 6.10 Å². The molecule has 1 fully saturated rings. The summed E-state index contributed by atoms with van der Waals surface area (Å²) < 4.78 is 0. The molecular weight excluding hydrogens is 198 g/mol. The van der Waals surface area contributed by atoms with Crippen LogP contribution in [0.1, 0.15) is 44.2 Å². The summed E-state index contributed by atoms with van der Waals surface area (Å²) in [6, 6.07) is 11.0. The molecule has 2 heteroatoms. The van der Waals surface area contributed by atoms with Gasteiger partial charge in [-0.1, -0.05) is 43.2 Å². The molecule has 0 aliphatic heterocycles. The number of aliphatic hydroxyl groups excluding tert-OH is 1. The van der Waals surface area contributed by atoms with Crippen molar-refractivity contribution in [3.63, 3.8) is 0 Å². The van der Waals surface area contributed by atoms with E-state index in [2.05, 4.69) is 36.5 Å². The van der Waals surface area contributed by atoms with Crippen LogP contribution in [-0.2, 0) is 0 Å². The maximum absolute atomic E-state index is 9.90. The Bertz CT molecular complexity index is 312. The average molecular weight is 219 g/mol. The predicted octanol–water partition coefficient (Wildman–Crippen LogP) is 2.64. The largest absolute Gasteiger partial charge is 0.392 e. The quantitative estimate of drug-likeness (QED) is 0.819. The van der Waals surface area contributed by atoms with Crippen LogP contribution < -0.4 is 5.32 Å². The molecule has 2 rings (SSSR count). The second kappa shape index (κ2) is 5.46. The highest BCUT2D eigenvalue weighted by Gasteiger charge is 2.24. The standard InChI is InChI=1S/C14H21NO/c1-11(12-7-3-2-4-8-12)15-13-9-5-6-10-14(13)16/h2-4,7-8,11,13-16H,5-6,9-10H2,1H3/t11-,13?,14-/m1/s1. The summed E-state index contributed by atoms with van der Waals surface area (Å²) in [5.74, 6) is 0. The van der Waals surface area contributed by atoms with Gasteiger partial charge in [-0.25, -0.2) is 0 Å². The van der Waals surface area contributed by atoms with Gasteiger partial charge in [0.15, 0.2) is 0 Å². The van der Waals surface area contributed by atoms with E-state index in [0.717, 1.165) is 12.8 Å². The Morgan fingerprint density at radius 2 is 1.88 bits per heavy atom. The minimum Gasteiger partial charge on any atom is -0.392 e. The highest BCUT2D eigenvalue weighted by atomic mass is 16.3. The summed E-state index contributed by atoms with van der Waals surface area (Å²) in [5, 5.41) is 13.4. The van der Waals surface area contributed by atoms with Crippen LogP contribution in [0.4, 0.5) is 0 Å². The molecule has 0 saturated heterocycles. The summed E-state index contributed by atoms with van der Waals surface area (Å²) in [5.41, 5.74) is 1.29. The molecule has 0 bridgehead atoms. The fourth-order valence-electron chi connectivity index (χ4n) is 2.46. The van der Waals surface area contributed by atoms with E-state index in [1.54, 1.807) is 0 Å². The Morgan fingerprint density at radius 3 is 2.56 bits per heavy atom. The third-order valence-corrected chi connectivity index (χ3v) is 3.49. The first-order valence-electron chi connectivity index (χ1n) is 6.26. The molecular formula is C14H21NO. The molecule has 3 atom stereocenters. The lowest BCUT2D eigenvalue weighted by atomic mass is 9.91. The molecule has 0 amide bonds. The fourth-order valence-corrected chi connectivity index (χ4v) is 2.46. The van der Waals surface area contributed by atoms with Gasteiger partial charge in [-0.15, -0.1) is 0 Å². The SMILES string of the molecule is C[C@@H](NC1CCCC[C@H]1O)c1ccccc1. The van der Waals surface area contributed by atoms with E-state index in [4.69, 9.17) is 0 Å². The zero-order valence-electron chi connectivity index (χ0n) is 9.89. The first-order valence-corrected chi connectivity index (χ1v) is 6.26. The Kier molecular flexibility index (Phi) is 3.97. The molecule has 1 aliphatic carbocycles. The van der Waals surface area contributed by atoms with Gasteiger partial charge >= 0.3 is 0 Å². The Balaban J connectivity index is 1.94. The molecule has 1 aromatic rings. The van der Waals surface area contributed by atoms with Gasteiger partial charge in [-0.05, 0) is 25.3 Å². The lowest BCUT2D eigenvalue weighted by molar-refractivity contribution is 0.0860. The van der Waals surface area contributed by atoms with Crippen molar-refractivity contribution in [2.75, 3.05) is 0 Å². The molecule has 0 aromatic heterocycles. The zero-order chi connectivity index (χ0) is 11.4. The van der Waals surface area contributed by atoms with Gasteiger partial charge in [-0.3, -0.25) is 0 Å². The molecule has 16 heavy (non-hydrogen) atoms. The van der Waals surface area contributed by atoms with Crippen LogP contribution in [0.2, 0.25) is 0 Å². The highest BCUT2D eigenvalue weighted by molar-refractivity contribution is 5.18. The number of hydrogen-bond acceptors (Lipinski definition) is 2. The lowest BCUT2D eigenvalue weighted by Crippen LogP contribution is -2.43. The van der Waals surface area contributed by atoms with E-state index in [0.29, 0.717) is 6.04 Å². The number of hydrogen-bond donors (Lipinski definition) is 2. The maximum atomic E-state index is 9.90. The van der Waals surface area contributed by atoms with Gasteiger partial charge in [0.1, 0.15) is 0 Å². The maximum Gasteiger partial charge on any atom is 0.0693 e. The second-order valence-electron chi connectivity index (χ2n) is 4.76. The van der Waals surface area contributed by atoms with Gasteiger partial charge in [-0.2, -0.15) is 0 Å². The van der Waals surface area contributed by atoms with Gasteiger partial charge in [0.2, 0.25) is 0 Å². The molecule has 0 heterocycles. The average Bonchev–Trinajstić information content (AvgIpc) is 2.33. The van der Waals surface area contributed by atoms with Crippen LogP contribution in [0, 0.1) is 0 Å². The summed E-state index contributed by atoms with van der Waals surface area (Å²) in [4.78, 5) is 0. The van der Waals surface area contributed by atoms with Crippen molar-refractivity contribution in [3.8, 4) is 0 Å². The van der Waals surface area contributed by atoms with Crippen molar-refractivity contribution in [3.05, 3.63) is 35.9 Å². The van der Waals surface area contributed by atoms with E-state index >= 15 is 0 Å². The third kappa shape index (κ3) is 2.83. The van der Waals surface area contributed by atoms with Crippen molar-refractivity contribution >= 4 is 0 Å². The lowest BCUT2D eigenvalue weighted by Gasteiger charge is -2.31. The predicted molar refractivity (Wildman–Crippen MR) is 66.3 cm³/mol. The van der Waals surface area contributed by atoms with E-state index in [-0.39, 0.29) is 12.1 Å². The highest BCUT2D eigenvalue weighted by Crippen LogP contribution is 2.21. The third-order valence-electron chi connectivity index (χ3n) is 3.49. The van der Waals surface area contributed by atoms with Crippen LogP contribution in [0.5, 0.6) is 0 Å². The normalized spacial score (nSPS) is 27.6. The molecule has 2 N–H and O–H groups in total.